The van der Waals surface area contributed by atoms with Crippen molar-refractivity contribution in [3.8, 4) is 16.8 Å². The van der Waals surface area contributed by atoms with Crippen LogP contribution in [0.2, 0.25) is 0 Å². The Balaban J connectivity index is 0.00000193. The van der Waals surface area contributed by atoms with Crippen molar-refractivity contribution in [1.29, 1.82) is 0 Å². The number of carbonyl (C=O) groups excluding carboxylic acids is 1. The second kappa shape index (κ2) is 6.47. The highest BCUT2D eigenvalue weighted by Crippen LogP contribution is 2.33. The number of pyridine rings is 1. The van der Waals surface area contributed by atoms with Gasteiger partial charge in [-0.15, -0.1) is 0 Å². The highest BCUT2D eigenvalue weighted by Gasteiger charge is 2.37. The number of aromatic nitrogens is 2. The Morgan fingerprint density at radius 2 is 1.57 bits per heavy atom. The van der Waals surface area contributed by atoms with Gasteiger partial charge in [-0.25, -0.2) is 8.78 Å². The number of nitrogens with one attached hydrogen (secondary N) is 1. The monoisotopic (exact) mass is 418 g/mol. The van der Waals surface area contributed by atoms with Crippen LogP contribution in [0.3, 0.4) is 0 Å². The normalized spacial score (nSPS) is 12.1. The number of fused-ring (bicyclic) bond motifs is 7. The Hall–Kier alpha value is -3.57. The Kier molecular flexibility index (Phi) is 3.98. The van der Waals surface area contributed by atoms with Crippen LogP contribution < -0.4 is 17.0 Å². The molecule has 0 aliphatic carbocycles. The molecule has 0 amide bonds. The third-order valence-corrected chi connectivity index (χ3v) is 5.53. The molecule has 0 spiro atoms. The van der Waals surface area contributed by atoms with E-state index in [0.29, 0.717) is 22.4 Å². The smallest absolute Gasteiger partial charge is 0.284 e. The fourth-order valence-electron chi connectivity index (χ4n) is 4.24. The van der Waals surface area contributed by atoms with E-state index in [4.69, 9.17) is 0 Å². The van der Waals surface area contributed by atoms with Crippen LogP contribution in [0.1, 0.15) is 16.1 Å². The molecule has 0 saturated heterocycles. The van der Waals surface area contributed by atoms with E-state index < -0.39 is 11.6 Å². The second-order valence-electron chi connectivity index (χ2n) is 7.21. The van der Waals surface area contributed by atoms with Crippen molar-refractivity contribution in [2.45, 2.75) is 0 Å². The molecule has 30 heavy (non-hydrogen) atoms. The van der Waals surface area contributed by atoms with Gasteiger partial charge in [0.25, 0.3) is 11.5 Å². The van der Waals surface area contributed by atoms with Gasteiger partial charge in [-0.1, -0.05) is 18.2 Å². The van der Waals surface area contributed by atoms with E-state index >= 15 is 0 Å². The summed E-state index contributed by atoms with van der Waals surface area (Å²) in [6.45, 7) is 0. The van der Waals surface area contributed by atoms with Gasteiger partial charge in [0.05, 0.1) is 0 Å². The number of para-hydroxylation sites is 1. The molecule has 0 fully saturated rings. The molecule has 1 N–H and O–H groups in total. The topological polar surface area (TPSA) is 36.7 Å². The lowest BCUT2D eigenvalue weighted by molar-refractivity contribution is -0.592. The van der Waals surface area contributed by atoms with E-state index in [-0.39, 0.29) is 18.2 Å². The maximum Gasteiger partial charge on any atom is 0.284 e. The van der Waals surface area contributed by atoms with Gasteiger partial charge in [0, 0.05) is 34.5 Å². The zero-order chi connectivity index (χ0) is 19.7. The molecule has 5 aromatic rings. The molecule has 0 saturated carbocycles. The fourth-order valence-corrected chi connectivity index (χ4v) is 4.24. The molecule has 0 radical (unpaired) electrons. The molecule has 0 bridgehead atoms. The van der Waals surface area contributed by atoms with Gasteiger partial charge >= 0.3 is 0 Å². The van der Waals surface area contributed by atoms with E-state index in [9.17, 15) is 13.6 Å². The molecule has 3 heterocycles. The lowest BCUT2D eigenvalue weighted by atomic mass is 10.0. The largest absolute Gasteiger partial charge is 1.00 e. The molecule has 0 unspecified atom stereocenters. The number of nitrogens with zero attached hydrogens (tertiary/aromatic N) is 1. The predicted molar refractivity (Wildman–Crippen MR) is 106 cm³/mol. The van der Waals surface area contributed by atoms with Crippen LogP contribution in [0.4, 0.5) is 8.78 Å². The Morgan fingerprint density at radius 1 is 0.800 bits per heavy atom. The van der Waals surface area contributed by atoms with Crippen molar-refractivity contribution in [3.63, 3.8) is 0 Å². The first-order valence-corrected chi connectivity index (χ1v) is 9.21. The quantitative estimate of drug-likeness (QED) is 0.408. The van der Waals surface area contributed by atoms with Crippen molar-refractivity contribution in [1.82, 2.24) is 4.98 Å². The first kappa shape index (κ1) is 18.5. The summed E-state index contributed by atoms with van der Waals surface area (Å²) in [4.78, 5) is 16.4. The van der Waals surface area contributed by atoms with E-state index in [1.54, 1.807) is 0 Å². The molecular formula is C24H13ClF2N2O. The maximum absolute atomic E-state index is 13.7. The summed E-state index contributed by atoms with van der Waals surface area (Å²) < 4.78 is 29.2. The van der Waals surface area contributed by atoms with E-state index in [1.165, 1.54) is 12.1 Å². The number of halogens is 3. The molecular weight excluding hydrogens is 406 g/mol. The number of ketones is 1. The summed E-state index contributed by atoms with van der Waals surface area (Å²) in [5, 5.41) is 1.79. The summed E-state index contributed by atoms with van der Waals surface area (Å²) in [7, 11) is 0. The Labute approximate surface area is 176 Å². The van der Waals surface area contributed by atoms with Crippen LogP contribution in [0.5, 0.6) is 0 Å². The molecule has 1 aliphatic rings. The lowest BCUT2D eigenvalue weighted by Crippen LogP contribution is -3.00. The minimum Gasteiger partial charge on any atom is -1.00 e. The lowest BCUT2D eigenvalue weighted by Gasteiger charge is -2.03. The van der Waals surface area contributed by atoms with Gasteiger partial charge < -0.3 is 17.4 Å². The summed E-state index contributed by atoms with van der Waals surface area (Å²) >= 11 is 0. The van der Waals surface area contributed by atoms with E-state index in [1.807, 2.05) is 59.3 Å². The van der Waals surface area contributed by atoms with Crippen LogP contribution in [0.25, 0.3) is 38.6 Å². The number of rotatable bonds is 1. The standard InChI is InChI=1S/C24H12F2N2O.ClH/c25-15-9-14(10-16(26)12-15)13-5-6-20-19(11-13)17-7-8-28-21-4-2-1-3-18(21)24(29)23(28)22(17)27-20;/h1-12H;1H. The average Bonchev–Trinajstić information content (AvgIpc) is 3.23. The van der Waals surface area contributed by atoms with Gasteiger partial charge in [0.1, 0.15) is 22.7 Å². The number of H-pyrrole nitrogens is 1. The Bertz CT molecular complexity index is 1490. The SMILES string of the molecule is O=C1c2ccccc2-[n+]2ccc3c([nH]c4ccc(-c5cc(F)cc(F)c5)cc43)c21.[Cl-]. The zero-order valence-electron chi connectivity index (χ0n) is 15.4. The van der Waals surface area contributed by atoms with E-state index in [0.717, 1.165) is 33.6 Å². The second-order valence-corrected chi connectivity index (χ2v) is 7.21. The molecule has 146 valence electrons. The average molecular weight is 419 g/mol. The van der Waals surface area contributed by atoms with Crippen molar-refractivity contribution in [3.05, 3.63) is 95.8 Å². The number of benzene rings is 3. The van der Waals surface area contributed by atoms with Gasteiger partial charge in [-0.05, 0) is 41.5 Å². The molecule has 3 nitrogen and oxygen atoms in total. The highest BCUT2D eigenvalue weighted by molar-refractivity contribution is 6.20. The molecule has 2 aromatic heterocycles. The third-order valence-electron chi connectivity index (χ3n) is 5.53. The zero-order valence-corrected chi connectivity index (χ0v) is 16.2. The van der Waals surface area contributed by atoms with E-state index in [2.05, 4.69) is 4.98 Å². The van der Waals surface area contributed by atoms with Crippen molar-refractivity contribution in [2.75, 3.05) is 0 Å². The van der Waals surface area contributed by atoms with Crippen molar-refractivity contribution in [2.24, 2.45) is 0 Å². The summed E-state index contributed by atoms with van der Waals surface area (Å²) in [5.41, 5.74) is 4.93. The van der Waals surface area contributed by atoms with Crippen LogP contribution in [0.15, 0.2) is 72.9 Å². The van der Waals surface area contributed by atoms with Gasteiger partial charge in [-0.3, -0.25) is 4.79 Å². The van der Waals surface area contributed by atoms with Gasteiger partial charge in [-0.2, -0.15) is 4.57 Å². The molecule has 6 rings (SSSR count). The molecule has 3 aromatic carbocycles. The number of hydrogen-bond acceptors (Lipinski definition) is 1. The Morgan fingerprint density at radius 3 is 2.37 bits per heavy atom. The van der Waals surface area contributed by atoms with Crippen molar-refractivity contribution < 1.29 is 30.5 Å². The van der Waals surface area contributed by atoms with Crippen LogP contribution in [-0.4, -0.2) is 10.8 Å². The molecule has 1 aliphatic heterocycles. The molecule has 6 heteroatoms. The van der Waals surface area contributed by atoms with Gasteiger partial charge in [0.2, 0.25) is 5.69 Å². The predicted octanol–water partition coefficient (Wildman–Crippen LogP) is 2.09. The van der Waals surface area contributed by atoms with Crippen LogP contribution >= 0.6 is 0 Å². The number of hydrogen-bond donors (Lipinski definition) is 1. The van der Waals surface area contributed by atoms with Crippen molar-refractivity contribution >= 4 is 27.6 Å². The first-order chi connectivity index (χ1) is 14.1. The first-order valence-electron chi connectivity index (χ1n) is 9.21. The number of carbonyl (C=O) groups is 1. The van der Waals surface area contributed by atoms with Gasteiger partial charge in [0.15, 0.2) is 6.20 Å². The maximum atomic E-state index is 13.7. The highest BCUT2D eigenvalue weighted by atomic mass is 35.5. The minimum absolute atomic E-state index is 0. The minimum atomic E-state index is -0.614. The number of aromatic amines is 1. The van der Waals surface area contributed by atoms with Crippen LogP contribution in [0, 0.1) is 11.6 Å². The summed E-state index contributed by atoms with van der Waals surface area (Å²) in [6, 6.07) is 18.5. The summed E-state index contributed by atoms with van der Waals surface area (Å²) in [6.07, 6.45) is 1.89. The summed E-state index contributed by atoms with van der Waals surface area (Å²) in [5.74, 6) is -1.25. The molecule has 0 atom stereocenters. The van der Waals surface area contributed by atoms with Crippen LogP contribution in [-0.2, 0) is 0 Å². The third kappa shape index (κ3) is 2.49. The fraction of sp³-hybridized carbons (Fsp3) is 0.